The maximum Gasteiger partial charge on any atom is 0.212 e. The highest BCUT2D eigenvalue weighted by Gasteiger charge is 2.24. The van der Waals surface area contributed by atoms with Crippen LogP contribution in [0.1, 0.15) is 11.3 Å². The summed E-state index contributed by atoms with van der Waals surface area (Å²) < 4.78 is 13.3. The van der Waals surface area contributed by atoms with Gasteiger partial charge in [0.2, 0.25) is 5.16 Å². The predicted octanol–water partition coefficient (Wildman–Crippen LogP) is 4.37. The molecule has 0 saturated heterocycles. The lowest BCUT2D eigenvalue weighted by atomic mass is 10.1. The van der Waals surface area contributed by atoms with Crippen molar-refractivity contribution in [2.24, 2.45) is 5.10 Å². The van der Waals surface area contributed by atoms with E-state index >= 15 is 0 Å². The molecule has 0 bridgehead atoms. The molecule has 0 radical (unpaired) electrons. The molecule has 7 heteroatoms. The summed E-state index contributed by atoms with van der Waals surface area (Å²) in [6.07, 6.45) is 0. The number of ether oxygens (including phenoxy) is 1. The fraction of sp³-hybridized carbons (Fsp3) is 0.150. The Morgan fingerprint density at radius 2 is 2.00 bits per heavy atom. The molecule has 134 valence electrons. The molecule has 0 fully saturated rings. The summed E-state index contributed by atoms with van der Waals surface area (Å²) in [6.45, 7) is 2.04. The summed E-state index contributed by atoms with van der Waals surface area (Å²) in [7, 11) is 1.65. The topological polar surface area (TPSA) is 65.4 Å². The van der Waals surface area contributed by atoms with E-state index in [0.29, 0.717) is 11.6 Å². The van der Waals surface area contributed by atoms with Gasteiger partial charge in [0.25, 0.3) is 0 Å². The van der Waals surface area contributed by atoms with Crippen LogP contribution in [-0.2, 0) is 0 Å². The monoisotopic (exact) mass is 376 g/mol. The third kappa shape index (κ3) is 2.71. The first-order valence-corrected chi connectivity index (χ1v) is 9.51. The molecule has 4 aromatic rings. The molecule has 0 amide bonds. The third-order valence-corrected chi connectivity index (χ3v) is 5.41. The van der Waals surface area contributed by atoms with Gasteiger partial charge in [0, 0.05) is 11.1 Å². The SMILES string of the molecule is COc1ccc(C)cc1-c1nnc2n1N=C(c1cc3ccccc3o1)CS2. The molecule has 0 saturated carbocycles. The van der Waals surface area contributed by atoms with Crippen molar-refractivity contribution in [2.45, 2.75) is 12.1 Å². The van der Waals surface area contributed by atoms with Crippen molar-refractivity contribution in [3.8, 4) is 17.1 Å². The summed E-state index contributed by atoms with van der Waals surface area (Å²) in [5, 5.41) is 15.3. The first-order valence-electron chi connectivity index (χ1n) is 8.53. The zero-order valence-corrected chi connectivity index (χ0v) is 15.7. The molecule has 1 aliphatic rings. The highest BCUT2D eigenvalue weighted by atomic mass is 32.2. The van der Waals surface area contributed by atoms with Crippen molar-refractivity contribution in [2.75, 3.05) is 12.9 Å². The molecule has 2 aromatic heterocycles. The van der Waals surface area contributed by atoms with Gasteiger partial charge in [-0.3, -0.25) is 0 Å². The van der Waals surface area contributed by atoms with Crippen molar-refractivity contribution in [3.05, 3.63) is 59.9 Å². The number of furan rings is 1. The molecule has 1 aliphatic heterocycles. The van der Waals surface area contributed by atoms with E-state index in [9.17, 15) is 0 Å². The largest absolute Gasteiger partial charge is 0.496 e. The minimum atomic E-state index is 0.659. The number of aryl methyl sites for hydroxylation is 1. The van der Waals surface area contributed by atoms with Gasteiger partial charge >= 0.3 is 0 Å². The summed E-state index contributed by atoms with van der Waals surface area (Å²) in [4.78, 5) is 0. The number of rotatable bonds is 3. The van der Waals surface area contributed by atoms with Crippen molar-refractivity contribution in [3.63, 3.8) is 0 Å². The Kier molecular flexibility index (Phi) is 3.75. The molecule has 0 N–H and O–H groups in total. The predicted molar refractivity (Wildman–Crippen MR) is 106 cm³/mol. The lowest BCUT2D eigenvalue weighted by molar-refractivity contribution is 0.416. The molecule has 0 unspecified atom stereocenters. The Bertz CT molecular complexity index is 1160. The first-order chi connectivity index (χ1) is 13.2. The highest BCUT2D eigenvalue weighted by molar-refractivity contribution is 7.99. The van der Waals surface area contributed by atoms with Crippen molar-refractivity contribution >= 4 is 28.4 Å². The van der Waals surface area contributed by atoms with Gasteiger partial charge in [0.15, 0.2) is 11.6 Å². The van der Waals surface area contributed by atoms with Gasteiger partial charge in [-0.2, -0.15) is 9.78 Å². The van der Waals surface area contributed by atoms with Crippen molar-refractivity contribution in [1.82, 2.24) is 14.9 Å². The summed E-state index contributed by atoms with van der Waals surface area (Å²) in [5.41, 5.74) is 3.70. The van der Waals surface area contributed by atoms with Gasteiger partial charge in [-0.15, -0.1) is 10.2 Å². The smallest absolute Gasteiger partial charge is 0.212 e. The van der Waals surface area contributed by atoms with E-state index in [4.69, 9.17) is 14.3 Å². The van der Waals surface area contributed by atoms with Crippen LogP contribution in [0.15, 0.2) is 63.2 Å². The Morgan fingerprint density at radius 3 is 2.85 bits per heavy atom. The lowest BCUT2D eigenvalue weighted by Crippen LogP contribution is -2.13. The molecule has 0 aliphatic carbocycles. The van der Waals surface area contributed by atoms with Crippen LogP contribution in [0.25, 0.3) is 22.4 Å². The minimum absolute atomic E-state index is 0.659. The zero-order valence-electron chi connectivity index (χ0n) is 14.8. The molecule has 5 rings (SSSR count). The quantitative estimate of drug-likeness (QED) is 0.531. The molecule has 0 spiro atoms. The maximum atomic E-state index is 5.99. The van der Waals surface area contributed by atoms with Crippen LogP contribution in [0, 0.1) is 6.92 Å². The number of methoxy groups -OCH3 is 1. The van der Waals surface area contributed by atoms with Crippen LogP contribution < -0.4 is 4.74 Å². The zero-order chi connectivity index (χ0) is 18.4. The average molecular weight is 376 g/mol. The molecule has 3 heterocycles. The first kappa shape index (κ1) is 16.1. The van der Waals surface area contributed by atoms with E-state index in [1.54, 1.807) is 23.5 Å². The number of aromatic nitrogens is 3. The molecule has 6 nitrogen and oxygen atoms in total. The fourth-order valence-corrected chi connectivity index (χ4v) is 3.95. The van der Waals surface area contributed by atoms with Gasteiger partial charge in [0.1, 0.15) is 17.0 Å². The number of thioether (sulfide) groups is 1. The van der Waals surface area contributed by atoms with E-state index < -0.39 is 0 Å². The van der Waals surface area contributed by atoms with Gasteiger partial charge in [-0.05, 0) is 31.2 Å². The minimum Gasteiger partial charge on any atom is -0.496 e. The van der Waals surface area contributed by atoms with Crippen LogP contribution >= 0.6 is 11.8 Å². The van der Waals surface area contributed by atoms with E-state index in [-0.39, 0.29) is 0 Å². The third-order valence-electron chi connectivity index (χ3n) is 4.48. The Morgan fingerprint density at radius 1 is 1.11 bits per heavy atom. The Balaban J connectivity index is 1.64. The number of hydrogen-bond acceptors (Lipinski definition) is 6. The number of fused-ring (bicyclic) bond motifs is 2. The molecule has 0 atom stereocenters. The highest BCUT2D eigenvalue weighted by Crippen LogP contribution is 2.34. The number of nitrogens with zero attached hydrogens (tertiary/aromatic N) is 4. The molecule has 27 heavy (non-hydrogen) atoms. The lowest BCUT2D eigenvalue weighted by Gasteiger charge is -2.13. The van der Waals surface area contributed by atoms with E-state index in [0.717, 1.165) is 44.5 Å². The van der Waals surface area contributed by atoms with Crippen LogP contribution in [-0.4, -0.2) is 33.4 Å². The van der Waals surface area contributed by atoms with Gasteiger partial charge in [0.05, 0.1) is 12.7 Å². The summed E-state index contributed by atoms with van der Waals surface area (Å²) in [6, 6.07) is 16.0. The van der Waals surface area contributed by atoms with Crippen LogP contribution in [0.2, 0.25) is 0 Å². The number of benzene rings is 2. The van der Waals surface area contributed by atoms with E-state index in [2.05, 4.69) is 10.2 Å². The van der Waals surface area contributed by atoms with Crippen LogP contribution in [0.3, 0.4) is 0 Å². The van der Waals surface area contributed by atoms with Gasteiger partial charge in [-0.1, -0.05) is 41.6 Å². The normalized spacial score (nSPS) is 13.5. The Labute approximate surface area is 159 Å². The van der Waals surface area contributed by atoms with Crippen molar-refractivity contribution < 1.29 is 9.15 Å². The second kappa shape index (κ2) is 6.28. The second-order valence-corrected chi connectivity index (χ2v) is 7.25. The molecule has 2 aromatic carbocycles. The van der Waals surface area contributed by atoms with Crippen LogP contribution in [0.4, 0.5) is 0 Å². The number of hydrogen-bond donors (Lipinski definition) is 0. The Hall–Kier alpha value is -3.06. The summed E-state index contributed by atoms with van der Waals surface area (Å²) >= 11 is 1.59. The standard InChI is InChI=1S/C20H16N4O2S/c1-12-7-8-17(25-2)14(9-12)19-21-22-20-24(19)23-15(11-27-20)18-10-13-5-3-4-6-16(13)26-18/h3-10H,11H2,1-2H3. The molecular formula is C20H16N4O2S. The van der Waals surface area contributed by atoms with Crippen molar-refractivity contribution in [1.29, 1.82) is 0 Å². The maximum absolute atomic E-state index is 5.99. The van der Waals surface area contributed by atoms with Gasteiger partial charge < -0.3 is 9.15 Å². The second-order valence-electron chi connectivity index (χ2n) is 6.31. The fourth-order valence-electron chi connectivity index (χ4n) is 3.14. The number of para-hydroxylation sites is 1. The average Bonchev–Trinajstić information content (AvgIpc) is 3.31. The molecular weight excluding hydrogens is 360 g/mol. The van der Waals surface area contributed by atoms with Crippen LogP contribution in [0.5, 0.6) is 5.75 Å². The van der Waals surface area contributed by atoms with Gasteiger partial charge in [-0.25, -0.2) is 0 Å². The van der Waals surface area contributed by atoms with E-state index in [1.807, 2.05) is 55.5 Å². The van der Waals surface area contributed by atoms with E-state index in [1.165, 1.54) is 0 Å². The summed E-state index contributed by atoms with van der Waals surface area (Å²) in [5.74, 6) is 2.85.